The maximum atomic E-state index is 12.6. The zero-order valence-corrected chi connectivity index (χ0v) is 13.7. The predicted octanol–water partition coefficient (Wildman–Crippen LogP) is 4.08. The third-order valence-electron chi connectivity index (χ3n) is 3.28. The van der Waals surface area contributed by atoms with Crippen LogP contribution >= 0.6 is 11.6 Å². The third-order valence-corrected chi connectivity index (χ3v) is 3.57. The quantitative estimate of drug-likeness (QED) is 0.744. The van der Waals surface area contributed by atoms with E-state index in [1.54, 1.807) is 0 Å². The van der Waals surface area contributed by atoms with Crippen molar-refractivity contribution in [3.05, 3.63) is 29.2 Å². The van der Waals surface area contributed by atoms with E-state index < -0.39 is 11.7 Å². The molecular weight excluding hydrogens is 345 g/mol. The fourth-order valence-corrected chi connectivity index (χ4v) is 1.96. The molecule has 2 rings (SSSR count). The van der Waals surface area contributed by atoms with Gasteiger partial charge < -0.3 is 16.4 Å². The van der Waals surface area contributed by atoms with Gasteiger partial charge in [-0.1, -0.05) is 18.5 Å². The highest BCUT2D eigenvalue weighted by Crippen LogP contribution is 2.34. The van der Waals surface area contributed by atoms with Crippen molar-refractivity contribution in [1.82, 2.24) is 15.0 Å². The number of hydrogen-bond donors (Lipinski definition) is 3. The first-order valence-electron chi connectivity index (χ1n) is 7.09. The van der Waals surface area contributed by atoms with Crippen LogP contribution in [0.2, 0.25) is 5.02 Å². The molecule has 2 aromatic rings. The van der Waals surface area contributed by atoms with Crippen molar-refractivity contribution in [2.24, 2.45) is 0 Å². The summed E-state index contributed by atoms with van der Waals surface area (Å²) in [6, 6.07) is 0.926. The molecule has 24 heavy (non-hydrogen) atoms. The molecule has 0 amide bonds. The molecule has 0 fully saturated rings. The van der Waals surface area contributed by atoms with Crippen LogP contribution in [0.1, 0.15) is 25.8 Å². The van der Waals surface area contributed by atoms with Crippen molar-refractivity contribution >= 4 is 34.7 Å². The average molecular weight is 361 g/mol. The Morgan fingerprint density at radius 3 is 2.46 bits per heavy atom. The number of nitrogens with zero attached hydrogens (tertiary/aromatic N) is 3. The van der Waals surface area contributed by atoms with Gasteiger partial charge in [-0.25, -0.2) is 15.0 Å². The van der Waals surface area contributed by atoms with E-state index in [2.05, 4.69) is 25.6 Å². The van der Waals surface area contributed by atoms with E-state index >= 15 is 0 Å². The Balaban J connectivity index is 2.27. The number of anilines is 4. The summed E-state index contributed by atoms with van der Waals surface area (Å²) in [5, 5.41) is 5.64. The lowest BCUT2D eigenvalue weighted by Crippen LogP contribution is -2.17. The lowest BCUT2D eigenvalue weighted by atomic mass is 10.2. The summed E-state index contributed by atoms with van der Waals surface area (Å²) < 4.78 is 37.9. The van der Waals surface area contributed by atoms with E-state index in [-0.39, 0.29) is 28.4 Å². The maximum absolute atomic E-state index is 12.6. The molecule has 0 aliphatic rings. The van der Waals surface area contributed by atoms with E-state index in [1.165, 1.54) is 6.33 Å². The molecule has 130 valence electrons. The Morgan fingerprint density at radius 2 is 1.88 bits per heavy atom. The van der Waals surface area contributed by atoms with Gasteiger partial charge in [0.25, 0.3) is 0 Å². The topological polar surface area (TPSA) is 88.8 Å². The molecule has 4 N–H and O–H groups in total. The summed E-state index contributed by atoms with van der Waals surface area (Å²) in [4.78, 5) is 11.7. The summed E-state index contributed by atoms with van der Waals surface area (Å²) >= 11 is 5.86. The van der Waals surface area contributed by atoms with Gasteiger partial charge in [0.2, 0.25) is 0 Å². The molecule has 0 bridgehead atoms. The van der Waals surface area contributed by atoms with Crippen molar-refractivity contribution < 1.29 is 13.2 Å². The molecule has 1 atom stereocenters. The van der Waals surface area contributed by atoms with Gasteiger partial charge in [-0.3, -0.25) is 0 Å². The molecule has 2 heterocycles. The van der Waals surface area contributed by atoms with Crippen molar-refractivity contribution in [2.45, 2.75) is 32.5 Å². The first-order chi connectivity index (χ1) is 11.2. The van der Waals surface area contributed by atoms with E-state index in [0.29, 0.717) is 12.0 Å². The Labute approximate surface area is 141 Å². The Bertz CT molecular complexity index is 722. The molecule has 0 spiro atoms. The van der Waals surface area contributed by atoms with Crippen molar-refractivity contribution in [1.29, 1.82) is 0 Å². The lowest BCUT2D eigenvalue weighted by molar-refractivity contribution is -0.137. The van der Waals surface area contributed by atoms with Gasteiger partial charge in [0.1, 0.15) is 17.8 Å². The molecule has 0 aromatic carbocycles. The number of nitrogen functional groups attached to an aromatic ring is 1. The number of hydrogen-bond acceptors (Lipinski definition) is 6. The van der Waals surface area contributed by atoms with Crippen LogP contribution in [0.3, 0.4) is 0 Å². The average Bonchev–Trinajstić information content (AvgIpc) is 2.51. The van der Waals surface area contributed by atoms with E-state index in [1.807, 2.05) is 13.8 Å². The molecule has 0 radical (unpaired) electrons. The molecule has 1 unspecified atom stereocenters. The maximum Gasteiger partial charge on any atom is 0.417 e. The number of nitrogens with one attached hydrogen (secondary N) is 2. The predicted molar refractivity (Wildman–Crippen MR) is 87.4 cm³/mol. The second kappa shape index (κ2) is 7.08. The molecule has 0 aliphatic heterocycles. The normalized spacial score (nSPS) is 12.8. The summed E-state index contributed by atoms with van der Waals surface area (Å²) in [5.41, 5.74) is 5.26. The van der Waals surface area contributed by atoms with Crippen LogP contribution in [0.25, 0.3) is 0 Å². The highest BCUT2D eigenvalue weighted by molar-refractivity contribution is 6.33. The minimum Gasteiger partial charge on any atom is -0.393 e. The highest BCUT2D eigenvalue weighted by Gasteiger charge is 2.31. The summed E-state index contributed by atoms with van der Waals surface area (Å²) in [6.45, 7) is 3.96. The standard InChI is InChI=1S/C14H16ClF3N6/c1-3-7(2)23-12-10(19)13(22-6-21-12)24-11-9(15)4-8(5-20-11)14(16,17)18/h4-7H,3,19H2,1-2H3,(H2,20,21,22,23,24). The van der Waals surface area contributed by atoms with Crippen molar-refractivity contribution in [3.8, 4) is 0 Å². The van der Waals surface area contributed by atoms with E-state index in [0.717, 1.165) is 12.5 Å². The van der Waals surface area contributed by atoms with Gasteiger partial charge in [-0.2, -0.15) is 13.2 Å². The largest absolute Gasteiger partial charge is 0.417 e. The van der Waals surface area contributed by atoms with Gasteiger partial charge in [0.05, 0.1) is 10.6 Å². The Kier molecular flexibility index (Phi) is 5.33. The molecular formula is C14H16ClF3N6. The second-order valence-corrected chi connectivity index (χ2v) is 5.52. The van der Waals surface area contributed by atoms with Crippen molar-refractivity contribution in [2.75, 3.05) is 16.4 Å². The number of nitrogens with two attached hydrogens (primary N) is 1. The van der Waals surface area contributed by atoms with Gasteiger partial charge >= 0.3 is 6.18 Å². The van der Waals surface area contributed by atoms with Crippen LogP contribution in [-0.4, -0.2) is 21.0 Å². The van der Waals surface area contributed by atoms with E-state index in [4.69, 9.17) is 17.3 Å². The zero-order valence-electron chi connectivity index (χ0n) is 12.9. The van der Waals surface area contributed by atoms with Crippen LogP contribution in [0.15, 0.2) is 18.6 Å². The van der Waals surface area contributed by atoms with Gasteiger partial charge in [-0.15, -0.1) is 0 Å². The van der Waals surface area contributed by atoms with Gasteiger partial charge in [0.15, 0.2) is 11.6 Å². The lowest BCUT2D eigenvalue weighted by Gasteiger charge is -2.16. The number of alkyl halides is 3. The van der Waals surface area contributed by atoms with Crippen LogP contribution in [0, 0.1) is 0 Å². The first kappa shape index (κ1) is 18.1. The van der Waals surface area contributed by atoms with Crippen LogP contribution in [-0.2, 0) is 6.18 Å². The minimum absolute atomic E-state index is 0.0181. The number of halogens is 4. The highest BCUT2D eigenvalue weighted by atomic mass is 35.5. The van der Waals surface area contributed by atoms with Gasteiger partial charge in [0, 0.05) is 12.2 Å². The van der Waals surface area contributed by atoms with Crippen LogP contribution < -0.4 is 16.4 Å². The van der Waals surface area contributed by atoms with E-state index in [9.17, 15) is 13.2 Å². The molecule has 0 aliphatic carbocycles. The first-order valence-corrected chi connectivity index (χ1v) is 7.47. The summed E-state index contributed by atoms with van der Waals surface area (Å²) in [7, 11) is 0. The van der Waals surface area contributed by atoms with Gasteiger partial charge in [-0.05, 0) is 19.4 Å². The van der Waals surface area contributed by atoms with Crippen LogP contribution in [0.4, 0.5) is 36.3 Å². The number of aromatic nitrogens is 3. The Hall–Kier alpha value is -2.29. The fourth-order valence-electron chi connectivity index (χ4n) is 1.74. The SMILES string of the molecule is CCC(C)Nc1ncnc(Nc2ncc(C(F)(F)F)cc2Cl)c1N. The van der Waals surface area contributed by atoms with Crippen LogP contribution in [0.5, 0.6) is 0 Å². The van der Waals surface area contributed by atoms with Crippen molar-refractivity contribution in [3.63, 3.8) is 0 Å². The monoisotopic (exact) mass is 360 g/mol. The smallest absolute Gasteiger partial charge is 0.393 e. The Morgan fingerprint density at radius 1 is 1.21 bits per heavy atom. The number of rotatable bonds is 5. The molecule has 2 aromatic heterocycles. The zero-order chi connectivity index (χ0) is 17.9. The summed E-state index contributed by atoms with van der Waals surface area (Å²) in [5.74, 6) is 0.638. The molecule has 6 nitrogen and oxygen atoms in total. The minimum atomic E-state index is -4.52. The summed E-state index contributed by atoms with van der Waals surface area (Å²) in [6.07, 6.45) is -1.69. The third kappa shape index (κ3) is 4.16. The molecule has 10 heteroatoms. The molecule has 0 saturated heterocycles. The molecule has 0 saturated carbocycles. The second-order valence-electron chi connectivity index (χ2n) is 5.12. The number of pyridine rings is 1. The fraction of sp³-hybridized carbons (Fsp3) is 0.357.